The number of hydrogen-bond acceptors (Lipinski definition) is 3. The number of nitrogens with one attached hydrogen (secondary N) is 1. The van der Waals surface area contributed by atoms with Crippen LogP contribution in [0.2, 0.25) is 0 Å². The van der Waals surface area contributed by atoms with E-state index in [0.717, 1.165) is 20.6 Å². The van der Waals surface area contributed by atoms with Crippen LogP contribution in [0, 0.1) is 11.3 Å². The van der Waals surface area contributed by atoms with E-state index in [1.54, 1.807) is 0 Å². The Labute approximate surface area is 131 Å². The highest BCUT2D eigenvalue weighted by molar-refractivity contribution is 7.87. The molecule has 0 heterocycles. The number of nitrogens with zero attached hydrogens (tertiary/aromatic N) is 2. The highest BCUT2D eigenvalue weighted by Crippen LogP contribution is 2.24. The summed E-state index contributed by atoms with van der Waals surface area (Å²) in [5.41, 5.74) is 0.926. The molecule has 2 rings (SSSR count). The Hall–Kier alpha value is -1.94. The van der Waals surface area contributed by atoms with Crippen molar-refractivity contribution < 1.29 is 8.42 Å². The van der Waals surface area contributed by atoms with E-state index in [1.165, 1.54) is 7.05 Å². The van der Waals surface area contributed by atoms with Crippen molar-refractivity contribution in [3.63, 3.8) is 0 Å². The summed E-state index contributed by atoms with van der Waals surface area (Å²) in [6.45, 7) is 1.99. The summed E-state index contributed by atoms with van der Waals surface area (Å²) in [6.07, 6.45) is 0.167. The maximum absolute atomic E-state index is 12.3. The molecular formula is C16H19N3O2S. The lowest BCUT2D eigenvalue weighted by atomic mass is 10.0. The fourth-order valence-corrected chi connectivity index (χ4v) is 3.42. The minimum absolute atomic E-state index is 0.167. The highest BCUT2D eigenvalue weighted by atomic mass is 32.2. The molecule has 22 heavy (non-hydrogen) atoms. The third-order valence-electron chi connectivity index (χ3n) is 3.56. The smallest absolute Gasteiger partial charge is 0.198 e. The second-order valence-corrected chi connectivity index (χ2v) is 6.95. The van der Waals surface area contributed by atoms with Crippen LogP contribution >= 0.6 is 0 Å². The Bertz CT molecular complexity index is 791. The van der Waals surface area contributed by atoms with Gasteiger partial charge in [-0.1, -0.05) is 42.5 Å². The van der Waals surface area contributed by atoms with Crippen molar-refractivity contribution in [1.82, 2.24) is 9.03 Å². The van der Waals surface area contributed by atoms with Gasteiger partial charge in [0.25, 0.3) is 10.2 Å². The zero-order valence-electron chi connectivity index (χ0n) is 12.7. The summed E-state index contributed by atoms with van der Waals surface area (Å²) in [7, 11) is -2.15. The first-order chi connectivity index (χ1) is 10.5. The molecule has 0 saturated heterocycles. The first-order valence-corrected chi connectivity index (χ1v) is 8.48. The van der Waals surface area contributed by atoms with Gasteiger partial charge in [-0.3, -0.25) is 0 Å². The van der Waals surface area contributed by atoms with Crippen LogP contribution in [0.4, 0.5) is 0 Å². The summed E-state index contributed by atoms with van der Waals surface area (Å²) in [5.74, 6) is 0. The molecule has 0 aliphatic carbocycles. The number of nitriles is 1. The maximum Gasteiger partial charge on any atom is 0.279 e. The van der Waals surface area contributed by atoms with Crippen molar-refractivity contribution in [2.45, 2.75) is 19.4 Å². The molecule has 0 aliphatic heterocycles. The first-order valence-electron chi connectivity index (χ1n) is 7.04. The standard InChI is InChI=1S/C16H19N3O2S/c1-13(18-22(20,21)19(2)12-6-11-17)15-10-5-8-14-7-3-4-9-16(14)15/h3-5,7-10,13,18H,6,12H2,1-2H3. The van der Waals surface area contributed by atoms with Crippen LogP contribution in [0.5, 0.6) is 0 Å². The predicted molar refractivity (Wildman–Crippen MR) is 87.3 cm³/mol. The van der Waals surface area contributed by atoms with Crippen molar-refractivity contribution in [3.05, 3.63) is 48.0 Å². The van der Waals surface area contributed by atoms with Crippen molar-refractivity contribution in [2.75, 3.05) is 13.6 Å². The third-order valence-corrected chi connectivity index (χ3v) is 5.22. The molecule has 0 bridgehead atoms. The van der Waals surface area contributed by atoms with E-state index in [-0.39, 0.29) is 19.0 Å². The molecule has 1 unspecified atom stereocenters. The molecule has 0 radical (unpaired) electrons. The van der Waals surface area contributed by atoms with Gasteiger partial charge in [0, 0.05) is 26.1 Å². The Morgan fingerprint density at radius 1 is 1.23 bits per heavy atom. The Balaban J connectivity index is 2.24. The fraction of sp³-hybridized carbons (Fsp3) is 0.312. The highest BCUT2D eigenvalue weighted by Gasteiger charge is 2.21. The fourth-order valence-electron chi connectivity index (χ4n) is 2.33. The molecule has 0 aliphatic rings. The van der Waals surface area contributed by atoms with Gasteiger partial charge in [-0.05, 0) is 23.3 Å². The largest absolute Gasteiger partial charge is 0.279 e. The Kier molecular flexibility index (Phi) is 5.14. The molecule has 1 atom stereocenters. The minimum Gasteiger partial charge on any atom is -0.198 e. The molecule has 0 fully saturated rings. The molecule has 116 valence electrons. The lowest BCUT2D eigenvalue weighted by Crippen LogP contribution is -2.39. The number of fused-ring (bicyclic) bond motifs is 1. The monoisotopic (exact) mass is 317 g/mol. The zero-order valence-corrected chi connectivity index (χ0v) is 13.5. The average Bonchev–Trinajstić information content (AvgIpc) is 2.51. The molecule has 1 N–H and O–H groups in total. The minimum atomic E-state index is -3.62. The average molecular weight is 317 g/mol. The van der Waals surface area contributed by atoms with E-state index >= 15 is 0 Å². The van der Waals surface area contributed by atoms with Gasteiger partial charge in [0.05, 0.1) is 6.07 Å². The zero-order chi connectivity index (χ0) is 16.2. The van der Waals surface area contributed by atoms with E-state index in [0.29, 0.717) is 0 Å². The Morgan fingerprint density at radius 2 is 1.91 bits per heavy atom. The lowest BCUT2D eigenvalue weighted by Gasteiger charge is -2.21. The van der Waals surface area contributed by atoms with Crippen molar-refractivity contribution >= 4 is 21.0 Å². The Morgan fingerprint density at radius 3 is 2.64 bits per heavy atom. The quantitative estimate of drug-likeness (QED) is 0.890. The molecule has 2 aromatic rings. The molecule has 6 heteroatoms. The third kappa shape index (κ3) is 3.63. The topological polar surface area (TPSA) is 73.2 Å². The van der Waals surface area contributed by atoms with Gasteiger partial charge in [0.2, 0.25) is 0 Å². The van der Waals surface area contributed by atoms with E-state index in [1.807, 2.05) is 55.5 Å². The summed E-state index contributed by atoms with van der Waals surface area (Å²) < 4.78 is 28.3. The predicted octanol–water partition coefficient (Wildman–Crippen LogP) is 2.58. The second kappa shape index (κ2) is 6.88. The van der Waals surface area contributed by atoms with Crippen LogP contribution in [0.25, 0.3) is 10.8 Å². The summed E-state index contributed by atoms with van der Waals surface area (Å²) in [5, 5.41) is 10.7. The van der Waals surface area contributed by atoms with Gasteiger partial charge >= 0.3 is 0 Å². The number of rotatable bonds is 6. The van der Waals surface area contributed by atoms with E-state index in [4.69, 9.17) is 5.26 Å². The SMILES string of the molecule is CC(NS(=O)(=O)N(C)CCC#N)c1cccc2ccccc12. The molecule has 0 spiro atoms. The van der Waals surface area contributed by atoms with E-state index in [2.05, 4.69) is 4.72 Å². The molecule has 2 aromatic carbocycles. The van der Waals surface area contributed by atoms with Crippen molar-refractivity contribution in [1.29, 1.82) is 5.26 Å². The van der Waals surface area contributed by atoms with Crippen LogP contribution in [-0.4, -0.2) is 26.3 Å². The van der Waals surface area contributed by atoms with Crippen molar-refractivity contribution in [2.24, 2.45) is 0 Å². The first kappa shape index (κ1) is 16.4. The van der Waals surface area contributed by atoms with Gasteiger partial charge in [0.15, 0.2) is 0 Å². The molecule has 0 aromatic heterocycles. The lowest BCUT2D eigenvalue weighted by molar-refractivity contribution is 0.457. The summed E-state index contributed by atoms with van der Waals surface area (Å²) >= 11 is 0. The molecule has 5 nitrogen and oxygen atoms in total. The van der Waals surface area contributed by atoms with Crippen LogP contribution in [0.15, 0.2) is 42.5 Å². The van der Waals surface area contributed by atoms with Gasteiger partial charge in [0.1, 0.15) is 0 Å². The molecule has 0 amide bonds. The van der Waals surface area contributed by atoms with Gasteiger partial charge in [-0.15, -0.1) is 0 Å². The van der Waals surface area contributed by atoms with Gasteiger partial charge < -0.3 is 0 Å². The summed E-state index contributed by atoms with van der Waals surface area (Å²) in [6, 6.07) is 15.3. The van der Waals surface area contributed by atoms with Crippen molar-refractivity contribution in [3.8, 4) is 6.07 Å². The van der Waals surface area contributed by atoms with Gasteiger partial charge in [-0.25, -0.2) is 0 Å². The number of hydrogen-bond donors (Lipinski definition) is 1. The van der Waals surface area contributed by atoms with Crippen LogP contribution in [0.3, 0.4) is 0 Å². The van der Waals surface area contributed by atoms with Crippen LogP contribution < -0.4 is 4.72 Å². The number of benzene rings is 2. The second-order valence-electron chi connectivity index (χ2n) is 5.14. The van der Waals surface area contributed by atoms with Gasteiger partial charge in [-0.2, -0.15) is 22.7 Å². The molecule has 0 saturated carbocycles. The maximum atomic E-state index is 12.3. The van der Waals surface area contributed by atoms with E-state index in [9.17, 15) is 8.42 Å². The normalized spacial score (nSPS) is 13.2. The molecular weight excluding hydrogens is 298 g/mol. The van der Waals surface area contributed by atoms with Crippen LogP contribution in [0.1, 0.15) is 24.9 Å². The van der Waals surface area contributed by atoms with Crippen LogP contribution in [-0.2, 0) is 10.2 Å². The van der Waals surface area contributed by atoms with E-state index < -0.39 is 10.2 Å². The summed E-state index contributed by atoms with van der Waals surface area (Å²) in [4.78, 5) is 0.